The van der Waals surface area contributed by atoms with Gasteiger partial charge in [0, 0.05) is 13.1 Å². The van der Waals surface area contributed by atoms with Gasteiger partial charge in [-0.05, 0) is 17.9 Å². The Bertz CT molecular complexity index is 459. The van der Waals surface area contributed by atoms with Gasteiger partial charge in [-0.25, -0.2) is 4.79 Å². The van der Waals surface area contributed by atoms with E-state index in [0.29, 0.717) is 12.3 Å². The van der Waals surface area contributed by atoms with Crippen LogP contribution in [0.4, 0.5) is 4.79 Å². The van der Waals surface area contributed by atoms with E-state index < -0.39 is 12.1 Å². The van der Waals surface area contributed by atoms with Crippen LogP contribution in [0.25, 0.3) is 0 Å². The van der Waals surface area contributed by atoms with Crippen molar-refractivity contribution >= 4 is 12.1 Å². The first-order valence-electron chi connectivity index (χ1n) is 7.05. The summed E-state index contributed by atoms with van der Waals surface area (Å²) in [5.74, 6) is -0.609. The van der Waals surface area contributed by atoms with Crippen LogP contribution < -0.4 is 0 Å². The van der Waals surface area contributed by atoms with E-state index in [1.807, 2.05) is 44.2 Å². The van der Waals surface area contributed by atoms with Crippen molar-refractivity contribution in [3.63, 3.8) is 0 Å². The molecule has 1 aromatic rings. The molecule has 0 heterocycles. The van der Waals surface area contributed by atoms with E-state index in [1.165, 1.54) is 4.90 Å². The Morgan fingerprint density at radius 1 is 1.24 bits per heavy atom. The predicted octanol–water partition coefficient (Wildman–Crippen LogP) is 3.14. The zero-order valence-corrected chi connectivity index (χ0v) is 12.8. The SMILES string of the molecule is CC(C)C[C@H](CC(=O)O)N(C)C(=O)OCc1ccccc1. The average Bonchev–Trinajstić information content (AvgIpc) is 2.43. The molecule has 0 bridgehead atoms. The highest BCUT2D eigenvalue weighted by atomic mass is 16.6. The number of amides is 1. The molecule has 0 fully saturated rings. The number of nitrogens with zero attached hydrogens (tertiary/aromatic N) is 1. The van der Waals surface area contributed by atoms with Crippen molar-refractivity contribution < 1.29 is 19.4 Å². The second-order valence-electron chi connectivity index (χ2n) is 5.53. The third-order valence-electron chi connectivity index (χ3n) is 3.19. The molecule has 1 N–H and O–H groups in total. The average molecular weight is 293 g/mol. The van der Waals surface area contributed by atoms with Crippen molar-refractivity contribution in [2.45, 2.75) is 39.3 Å². The van der Waals surface area contributed by atoms with E-state index in [0.717, 1.165) is 5.56 Å². The highest BCUT2D eigenvalue weighted by Gasteiger charge is 2.24. The van der Waals surface area contributed by atoms with Gasteiger partial charge < -0.3 is 14.7 Å². The van der Waals surface area contributed by atoms with Crippen LogP contribution in [-0.2, 0) is 16.1 Å². The molecule has 21 heavy (non-hydrogen) atoms. The Hall–Kier alpha value is -2.04. The molecule has 0 aliphatic heterocycles. The summed E-state index contributed by atoms with van der Waals surface area (Å²) in [6.45, 7) is 4.18. The first-order valence-corrected chi connectivity index (χ1v) is 7.05. The molecule has 1 aromatic carbocycles. The van der Waals surface area contributed by atoms with Crippen LogP contribution in [0.1, 0.15) is 32.3 Å². The van der Waals surface area contributed by atoms with Crippen LogP contribution in [0.2, 0.25) is 0 Å². The van der Waals surface area contributed by atoms with Crippen LogP contribution in [0.15, 0.2) is 30.3 Å². The maximum Gasteiger partial charge on any atom is 0.410 e. The first kappa shape index (κ1) is 17.0. The predicted molar refractivity (Wildman–Crippen MR) is 79.9 cm³/mol. The molecule has 0 aromatic heterocycles. The molecule has 5 heteroatoms. The van der Waals surface area contributed by atoms with Crippen molar-refractivity contribution in [1.29, 1.82) is 0 Å². The summed E-state index contributed by atoms with van der Waals surface area (Å²) in [4.78, 5) is 24.3. The zero-order chi connectivity index (χ0) is 15.8. The highest BCUT2D eigenvalue weighted by molar-refractivity contribution is 5.71. The number of carbonyl (C=O) groups excluding carboxylic acids is 1. The van der Waals surface area contributed by atoms with Crippen LogP contribution in [-0.4, -0.2) is 35.2 Å². The lowest BCUT2D eigenvalue weighted by atomic mass is 10.0. The largest absolute Gasteiger partial charge is 0.481 e. The number of hydrogen-bond donors (Lipinski definition) is 1. The Morgan fingerprint density at radius 3 is 2.38 bits per heavy atom. The number of carboxylic acid groups (broad SMARTS) is 1. The fourth-order valence-electron chi connectivity index (χ4n) is 2.09. The van der Waals surface area contributed by atoms with Gasteiger partial charge in [-0.15, -0.1) is 0 Å². The Labute approximate surface area is 125 Å². The Balaban J connectivity index is 2.58. The van der Waals surface area contributed by atoms with Crippen molar-refractivity contribution in [3.05, 3.63) is 35.9 Å². The molecule has 1 rings (SSSR count). The molecule has 0 radical (unpaired) electrons. The van der Waals surface area contributed by atoms with Gasteiger partial charge in [0.05, 0.1) is 6.42 Å². The first-order chi connectivity index (χ1) is 9.90. The summed E-state index contributed by atoms with van der Waals surface area (Å²) in [6.07, 6.45) is 0.0592. The summed E-state index contributed by atoms with van der Waals surface area (Å²) < 4.78 is 5.23. The third kappa shape index (κ3) is 6.29. The minimum atomic E-state index is -0.914. The molecule has 1 amide bonds. The lowest BCUT2D eigenvalue weighted by molar-refractivity contribution is -0.138. The monoisotopic (exact) mass is 293 g/mol. The number of hydrogen-bond acceptors (Lipinski definition) is 3. The highest BCUT2D eigenvalue weighted by Crippen LogP contribution is 2.15. The van der Waals surface area contributed by atoms with Crippen LogP contribution >= 0.6 is 0 Å². The smallest absolute Gasteiger partial charge is 0.410 e. The molecule has 0 saturated heterocycles. The summed E-state index contributed by atoms with van der Waals surface area (Å²) in [5.41, 5.74) is 0.901. The summed E-state index contributed by atoms with van der Waals surface area (Å²) in [7, 11) is 1.59. The van der Waals surface area contributed by atoms with Crippen molar-refractivity contribution in [2.24, 2.45) is 5.92 Å². The number of aliphatic carboxylic acids is 1. The molecule has 1 atom stereocenters. The van der Waals surface area contributed by atoms with Gasteiger partial charge in [0.2, 0.25) is 0 Å². The summed E-state index contributed by atoms with van der Waals surface area (Å²) in [6, 6.07) is 9.03. The van der Waals surface area contributed by atoms with E-state index in [4.69, 9.17) is 9.84 Å². The normalized spacial score (nSPS) is 12.0. The van der Waals surface area contributed by atoms with Gasteiger partial charge in [0.15, 0.2) is 0 Å². The Morgan fingerprint density at radius 2 is 1.86 bits per heavy atom. The fourth-order valence-corrected chi connectivity index (χ4v) is 2.09. The maximum absolute atomic E-state index is 12.0. The molecule has 0 spiro atoms. The summed E-state index contributed by atoms with van der Waals surface area (Å²) >= 11 is 0. The molecular weight excluding hydrogens is 270 g/mol. The molecule has 0 saturated carbocycles. The second-order valence-corrected chi connectivity index (χ2v) is 5.53. The fraction of sp³-hybridized carbons (Fsp3) is 0.500. The van der Waals surface area contributed by atoms with Crippen LogP contribution in [0.3, 0.4) is 0 Å². The number of ether oxygens (including phenoxy) is 1. The minimum Gasteiger partial charge on any atom is -0.481 e. The van der Waals surface area contributed by atoms with Gasteiger partial charge in [-0.1, -0.05) is 44.2 Å². The minimum absolute atomic E-state index is 0.0743. The number of rotatable bonds is 7. The van der Waals surface area contributed by atoms with Gasteiger partial charge in [0.1, 0.15) is 6.61 Å². The number of carboxylic acids is 1. The topological polar surface area (TPSA) is 66.8 Å². The van der Waals surface area contributed by atoms with E-state index in [2.05, 4.69) is 0 Å². The third-order valence-corrected chi connectivity index (χ3v) is 3.19. The molecule has 0 unspecified atom stereocenters. The number of benzene rings is 1. The van der Waals surface area contributed by atoms with Gasteiger partial charge in [0.25, 0.3) is 0 Å². The molecule has 0 aliphatic rings. The maximum atomic E-state index is 12.0. The van der Waals surface area contributed by atoms with Gasteiger partial charge >= 0.3 is 12.1 Å². The van der Waals surface area contributed by atoms with Crippen LogP contribution in [0, 0.1) is 5.92 Å². The van der Waals surface area contributed by atoms with Crippen molar-refractivity contribution in [1.82, 2.24) is 4.90 Å². The lowest BCUT2D eigenvalue weighted by Gasteiger charge is -2.27. The van der Waals surface area contributed by atoms with Gasteiger partial charge in [-0.2, -0.15) is 0 Å². The van der Waals surface area contributed by atoms with E-state index >= 15 is 0 Å². The van der Waals surface area contributed by atoms with E-state index in [9.17, 15) is 9.59 Å². The quantitative estimate of drug-likeness (QED) is 0.838. The van der Waals surface area contributed by atoms with Crippen molar-refractivity contribution in [2.75, 3.05) is 7.05 Å². The van der Waals surface area contributed by atoms with Crippen LogP contribution in [0.5, 0.6) is 0 Å². The van der Waals surface area contributed by atoms with Crippen molar-refractivity contribution in [3.8, 4) is 0 Å². The van der Waals surface area contributed by atoms with Gasteiger partial charge in [-0.3, -0.25) is 4.79 Å². The zero-order valence-electron chi connectivity index (χ0n) is 12.8. The van der Waals surface area contributed by atoms with E-state index in [-0.39, 0.29) is 19.1 Å². The standard InChI is InChI=1S/C16H23NO4/c1-12(2)9-14(10-15(18)19)17(3)16(20)21-11-13-7-5-4-6-8-13/h4-8,12,14H,9-11H2,1-3H3,(H,18,19)/t14-/m1/s1. The summed E-state index contributed by atoms with van der Waals surface area (Å²) in [5, 5.41) is 8.96. The number of carbonyl (C=O) groups is 2. The molecule has 5 nitrogen and oxygen atoms in total. The molecule has 0 aliphatic carbocycles. The molecule has 116 valence electrons. The lowest BCUT2D eigenvalue weighted by Crippen LogP contribution is -2.39. The molecular formula is C16H23NO4. The Kier molecular flexibility index (Phi) is 6.72. The second kappa shape index (κ2) is 8.29. The van der Waals surface area contributed by atoms with E-state index in [1.54, 1.807) is 7.05 Å².